The summed E-state index contributed by atoms with van der Waals surface area (Å²) in [5.41, 5.74) is 2.88. The molecule has 150 valence electrons. The van der Waals surface area contributed by atoms with Crippen molar-refractivity contribution in [2.45, 2.75) is 6.42 Å². The Labute approximate surface area is 172 Å². The fraction of sp³-hybridized carbons (Fsp3) is 0.111. The number of hydrogen-bond donors (Lipinski definition) is 3. The van der Waals surface area contributed by atoms with Gasteiger partial charge in [0, 0.05) is 0 Å². The van der Waals surface area contributed by atoms with Crippen molar-refractivity contribution in [2.75, 3.05) is 12.4 Å². The topological polar surface area (TPSA) is 122 Å². The van der Waals surface area contributed by atoms with Crippen molar-refractivity contribution in [1.29, 1.82) is 0 Å². The number of amidine groups is 1. The van der Waals surface area contributed by atoms with Gasteiger partial charge < -0.3 is 10.1 Å². The number of nitrogens with one attached hydrogen (secondary N) is 2. The predicted octanol–water partition coefficient (Wildman–Crippen LogP) is 3.22. The Morgan fingerprint density at radius 1 is 1.31 bits per heavy atom. The summed E-state index contributed by atoms with van der Waals surface area (Å²) in [7, 11) is 1.54. The number of amides is 1. The summed E-state index contributed by atoms with van der Waals surface area (Å²) >= 11 is 3.06. The molecule has 3 rings (SSSR count). The second-order valence-electron chi connectivity index (χ2n) is 5.71. The van der Waals surface area contributed by atoms with Crippen LogP contribution in [0.1, 0.15) is 11.3 Å². The number of methoxy groups -OCH3 is 1. The predicted molar refractivity (Wildman–Crippen MR) is 105 cm³/mol. The molecule has 0 aliphatic heterocycles. The Hall–Kier alpha value is -3.31. The molecule has 29 heavy (non-hydrogen) atoms. The van der Waals surface area contributed by atoms with E-state index in [1.807, 2.05) is 5.48 Å². The number of anilines is 1. The molecule has 0 aliphatic rings. The van der Waals surface area contributed by atoms with Crippen LogP contribution in [0.15, 0.2) is 56.6 Å². The van der Waals surface area contributed by atoms with Gasteiger partial charge in [-0.05, 0) is 62.1 Å². The van der Waals surface area contributed by atoms with Gasteiger partial charge in [0.2, 0.25) is 11.7 Å². The lowest BCUT2D eigenvalue weighted by Crippen LogP contribution is -2.23. The van der Waals surface area contributed by atoms with E-state index in [4.69, 9.17) is 4.74 Å². The number of hydroxylamine groups is 1. The van der Waals surface area contributed by atoms with Crippen LogP contribution < -0.4 is 15.5 Å². The van der Waals surface area contributed by atoms with E-state index in [0.717, 1.165) is 5.56 Å². The van der Waals surface area contributed by atoms with Crippen molar-refractivity contribution in [2.24, 2.45) is 4.99 Å². The van der Waals surface area contributed by atoms with Crippen LogP contribution in [-0.4, -0.2) is 34.4 Å². The normalized spacial score (nSPS) is 11.2. The van der Waals surface area contributed by atoms with Gasteiger partial charge in [0.15, 0.2) is 11.5 Å². The number of ether oxygens (including phenoxy) is 1. The van der Waals surface area contributed by atoms with Crippen LogP contribution in [0.3, 0.4) is 0 Å². The summed E-state index contributed by atoms with van der Waals surface area (Å²) in [5, 5.41) is 19.3. The lowest BCUT2D eigenvalue weighted by Gasteiger charge is -2.06. The number of nitrogens with zero attached hydrogens (tertiary/aromatic N) is 3. The van der Waals surface area contributed by atoms with Crippen LogP contribution in [0.5, 0.6) is 5.75 Å². The maximum absolute atomic E-state index is 13.4. The average molecular weight is 464 g/mol. The number of carbonyl (C=O) groups excluding carboxylic acids is 1. The minimum atomic E-state index is -0.462. The first-order valence-electron chi connectivity index (χ1n) is 8.19. The van der Waals surface area contributed by atoms with E-state index in [0.29, 0.717) is 11.4 Å². The molecular formula is C18H15BrFN5O4. The number of rotatable bonds is 6. The fourth-order valence-electron chi connectivity index (χ4n) is 2.38. The monoisotopic (exact) mass is 463 g/mol. The minimum Gasteiger partial charge on any atom is -0.497 e. The van der Waals surface area contributed by atoms with Crippen LogP contribution in [-0.2, 0) is 11.2 Å². The third kappa shape index (κ3) is 5.15. The summed E-state index contributed by atoms with van der Waals surface area (Å²) < 4.78 is 23.4. The highest BCUT2D eigenvalue weighted by atomic mass is 79.9. The molecule has 0 fully saturated rings. The third-order valence-electron chi connectivity index (χ3n) is 3.72. The van der Waals surface area contributed by atoms with E-state index in [2.05, 4.69) is 41.2 Å². The van der Waals surface area contributed by atoms with Crippen LogP contribution in [0.2, 0.25) is 0 Å². The Bertz CT molecular complexity index is 1060. The first-order chi connectivity index (χ1) is 14.0. The first kappa shape index (κ1) is 20.4. The molecule has 0 radical (unpaired) electrons. The fourth-order valence-corrected chi connectivity index (χ4v) is 2.75. The van der Waals surface area contributed by atoms with Gasteiger partial charge in [-0.2, -0.15) is 0 Å². The highest BCUT2D eigenvalue weighted by molar-refractivity contribution is 9.10. The number of benzene rings is 2. The number of aliphatic imine (C=N–C) groups is 1. The van der Waals surface area contributed by atoms with Gasteiger partial charge >= 0.3 is 0 Å². The van der Waals surface area contributed by atoms with Gasteiger partial charge in [-0.25, -0.2) is 14.0 Å². The molecule has 1 heterocycles. The number of halogens is 2. The highest BCUT2D eigenvalue weighted by Crippen LogP contribution is 2.23. The zero-order chi connectivity index (χ0) is 20.8. The molecule has 0 aliphatic carbocycles. The number of aromatic nitrogens is 2. The van der Waals surface area contributed by atoms with E-state index >= 15 is 0 Å². The van der Waals surface area contributed by atoms with E-state index < -0.39 is 11.7 Å². The number of hydrogen-bond acceptors (Lipinski definition) is 7. The van der Waals surface area contributed by atoms with E-state index in [1.165, 1.54) is 25.3 Å². The molecule has 0 saturated heterocycles. The molecule has 3 aromatic rings. The molecule has 1 amide bonds. The Morgan fingerprint density at radius 3 is 2.86 bits per heavy atom. The first-order valence-corrected chi connectivity index (χ1v) is 8.99. The van der Waals surface area contributed by atoms with Crippen molar-refractivity contribution in [3.63, 3.8) is 0 Å². The standard InChI is InChI=1S/C18H15BrFN5O4/c1-28-12-4-2-3-10(7-12)8-15(26)22-18-16(24-29-25-18)17(23-27)21-11-5-6-14(20)13(19)9-11/h2-7,9,27H,8H2,1H3,(H,21,23)(H,22,25,26). The van der Waals surface area contributed by atoms with Gasteiger partial charge in [-0.15, -0.1) is 0 Å². The average Bonchev–Trinajstić information content (AvgIpc) is 3.16. The molecule has 3 N–H and O–H groups in total. The molecule has 0 saturated carbocycles. The molecule has 0 spiro atoms. The van der Waals surface area contributed by atoms with E-state index in [9.17, 15) is 14.4 Å². The molecule has 0 bridgehead atoms. The Balaban J connectivity index is 1.78. The van der Waals surface area contributed by atoms with Gasteiger partial charge in [-0.3, -0.25) is 15.5 Å². The highest BCUT2D eigenvalue weighted by Gasteiger charge is 2.19. The lowest BCUT2D eigenvalue weighted by molar-refractivity contribution is -0.115. The summed E-state index contributed by atoms with van der Waals surface area (Å²) in [6, 6.07) is 11.0. The van der Waals surface area contributed by atoms with Gasteiger partial charge in [-0.1, -0.05) is 12.1 Å². The molecule has 0 unspecified atom stereocenters. The maximum Gasteiger partial charge on any atom is 0.230 e. The summed E-state index contributed by atoms with van der Waals surface area (Å²) in [5.74, 6) is -0.419. The van der Waals surface area contributed by atoms with Gasteiger partial charge in [0.25, 0.3) is 0 Å². The van der Waals surface area contributed by atoms with Gasteiger partial charge in [0.05, 0.1) is 23.7 Å². The SMILES string of the molecule is COc1cccc(CC(=O)Nc2nonc2C(=Nc2ccc(F)c(Br)c2)NO)c1. The summed E-state index contributed by atoms with van der Waals surface area (Å²) in [6.07, 6.45) is 0.0490. The van der Waals surface area contributed by atoms with Crippen LogP contribution >= 0.6 is 15.9 Å². The summed E-state index contributed by atoms with van der Waals surface area (Å²) in [6.45, 7) is 0. The van der Waals surface area contributed by atoms with Crippen molar-refractivity contribution in [3.8, 4) is 5.75 Å². The second-order valence-corrected chi connectivity index (χ2v) is 6.56. The van der Waals surface area contributed by atoms with Crippen molar-refractivity contribution in [3.05, 3.63) is 64.0 Å². The maximum atomic E-state index is 13.4. The Kier molecular flexibility index (Phi) is 6.52. The second kappa shape index (κ2) is 9.26. The van der Waals surface area contributed by atoms with E-state index in [1.54, 1.807) is 24.3 Å². The van der Waals surface area contributed by atoms with Crippen LogP contribution in [0.4, 0.5) is 15.9 Å². The molecule has 9 nitrogen and oxygen atoms in total. The Morgan fingerprint density at radius 2 is 2.14 bits per heavy atom. The molecular weight excluding hydrogens is 449 g/mol. The smallest absolute Gasteiger partial charge is 0.230 e. The zero-order valence-electron chi connectivity index (χ0n) is 15.0. The molecule has 2 aromatic carbocycles. The van der Waals surface area contributed by atoms with Crippen molar-refractivity contribution < 1.29 is 23.8 Å². The van der Waals surface area contributed by atoms with Crippen LogP contribution in [0.25, 0.3) is 0 Å². The van der Waals surface area contributed by atoms with Crippen molar-refractivity contribution >= 4 is 39.2 Å². The summed E-state index contributed by atoms with van der Waals surface area (Å²) in [4.78, 5) is 16.5. The van der Waals surface area contributed by atoms with Gasteiger partial charge in [0.1, 0.15) is 11.6 Å². The zero-order valence-corrected chi connectivity index (χ0v) is 16.6. The minimum absolute atomic E-state index is 0.0352. The van der Waals surface area contributed by atoms with E-state index in [-0.39, 0.29) is 28.2 Å². The molecule has 11 heteroatoms. The quantitative estimate of drug-likeness (QED) is 0.291. The largest absolute Gasteiger partial charge is 0.497 e. The molecule has 1 aromatic heterocycles. The molecule has 0 atom stereocenters. The third-order valence-corrected chi connectivity index (χ3v) is 4.33. The lowest BCUT2D eigenvalue weighted by atomic mass is 10.1. The number of carbonyl (C=O) groups is 1. The van der Waals surface area contributed by atoms with Crippen molar-refractivity contribution in [1.82, 2.24) is 15.8 Å². The van der Waals surface area contributed by atoms with Crippen LogP contribution in [0, 0.1) is 5.82 Å².